The molecule has 0 amide bonds. The predicted molar refractivity (Wildman–Crippen MR) is 66.4 cm³/mol. The number of nitro groups is 1. The van der Waals surface area contributed by atoms with Crippen molar-refractivity contribution in [2.45, 2.75) is 6.18 Å². The van der Waals surface area contributed by atoms with Crippen LogP contribution in [0.5, 0.6) is 0 Å². The number of rotatable bonds is 1. The molecule has 7 nitrogen and oxygen atoms in total. The van der Waals surface area contributed by atoms with Crippen LogP contribution in [-0.2, 0) is 0 Å². The highest BCUT2D eigenvalue weighted by Gasteiger charge is 2.37. The molecular weight excluding hydrogens is 315 g/mol. The predicted octanol–water partition coefficient (Wildman–Crippen LogP) is 2.47. The average molecular weight is 320 g/mol. The van der Waals surface area contributed by atoms with Gasteiger partial charge in [-0.15, -0.1) is 0 Å². The third-order valence-electron chi connectivity index (χ3n) is 2.54. The molecule has 0 aliphatic rings. The zero-order valence-corrected chi connectivity index (χ0v) is 10.7. The normalized spacial score (nSPS) is 11.6. The summed E-state index contributed by atoms with van der Waals surface area (Å²) in [5, 5.41) is 24.8. The first-order chi connectivity index (χ1) is 9.62. The van der Waals surface area contributed by atoms with Gasteiger partial charge in [0.15, 0.2) is 10.6 Å². The van der Waals surface area contributed by atoms with Gasteiger partial charge in [0.2, 0.25) is 5.84 Å². The molecule has 0 aliphatic heterocycles. The topological polar surface area (TPSA) is 109 Å². The lowest BCUT2D eigenvalue weighted by molar-refractivity contribution is -0.384. The van der Waals surface area contributed by atoms with Crippen molar-refractivity contribution in [1.82, 2.24) is 9.55 Å². The summed E-state index contributed by atoms with van der Waals surface area (Å²) in [7, 11) is 0. The molecule has 0 saturated carbocycles. The first-order valence-corrected chi connectivity index (χ1v) is 5.58. The van der Waals surface area contributed by atoms with Crippen LogP contribution in [0.4, 0.5) is 18.9 Å². The number of nitrogens with one attached hydrogen (secondary N) is 2. The lowest BCUT2D eigenvalue weighted by atomic mass is 10.2. The van der Waals surface area contributed by atoms with Gasteiger partial charge in [0.1, 0.15) is 0 Å². The van der Waals surface area contributed by atoms with Crippen LogP contribution >= 0.6 is 11.6 Å². The fourth-order valence-corrected chi connectivity index (χ4v) is 1.81. The highest BCUT2D eigenvalue weighted by atomic mass is 35.5. The second kappa shape index (κ2) is 4.81. The maximum atomic E-state index is 12.7. The van der Waals surface area contributed by atoms with E-state index in [9.17, 15) is 23.3 Å². The Bertz CT molecular complexity index is 830. The fourth-order valence-electron chi connectivity index (χ4n) is 1.63. The first kappa shape index (κ1) is 14.9. The molecule has 0 unspecified atom stereocenters. The first-order valence-electron chi connectivity index (χ1n) is 5.20. The largest absolute Gasteiger partial charge is 0.449 e. The molecule has 1 aromatic carbocycles. The Kier molecular flexibility index (Phi) is 3.41. The number of fused-ring (bicyclic) bond motifs is 1. The molecule has 2 aromatic rings. The summed E-state index contributed by atoms with van der Waals surface area (Å²) < 4.78 is 38.3. The smallest absolute Gasteiger partial charge is 0.281 e. The molecular formula is C10H5ClF3N5O2. The molecule has 0 spiro atoms. The Labute approximate surface area is 118 Å². The van der Waals surface area contributed by atoms with Crippen LogP contribution in [0.3, 0.4) is 0 Å². The zero-order valence-electron chi connectivity index (χ0n) is 9.90. The number of nitro benzene ring substituents is 1. The van der Waals surface area contributed by atoms with Gasteiger partial charge in [-0.1, -0.05) is 11.6 Å². The van der Waals surface area contributed by atoms with Crippen LogP contribution in [0, 0.1) is 20.9 Å². The molecule has 2 N–H and O–H groups in total. The van der Waals surface area contributed by atoms with E-state index in [1.807, 2.05) is 0 Å². The maximum Gasteiger partial charge on any atom is 0.449 e. The van der Waals surface area contributed by atoms with Gasteiger partial charge < -0.3 is 0 Å². The molecule has 11 heteroatoms. The number of halogens is 4. The highest BCUT2D eigenvalue weighted by molar-refractivity contribution is 6.29. The summed E-state index contributed by atoms with van der Waals surface area (Å²) >= 11 is 5.57. The number of non-ortho nitro benzene ring substituents is 1. The fraction of sp³-hybridized carbons (Fsp3) is 0.100. The lowest BCUT2D eigenvalue weighted by Gasteiger charge is -2.14. The maximum absolute atomic E-state index is 12.7. The van der Waals surface area contributed by atoms with E-state index in [0.717, 1.165) is 18.2 Å². The summed E-state index contributed by atoms with van der Waals surface area (Å²) in [5.41, 5.74) is -1.88. The molecule has 0 bridgehead atoms. The Morgan fingerprint density at radius 3 is 2.57 bits per heavy atom. The van der Waals surface area contributed by atoms with E-state index in [0.29, 0.717) is 0 Å². The average Bonchev–Trinajstić information content (AvgIpc) is 2.38. The van der Waals surface area contributed by atoms with Gasteiger partial charge in [0.05, 0.1) is 16.0 Å². The number of aromatic nitrogens is 2. The van der Waals surface area contributed by atoms with Crippen molar-refractivity contribution in [3.05, 3.63) is 39.0 Å². The third kappa shape index (κ3) is 2.57. The van der Waals surface area contributed by atoms with Gasteiger partial charge in [-0.05, 0) is 6.07 Å². The van der Waals surface area contributed by atoms with Crippen LogP contribution in [0.2, 0.25) is 5.15 Å². The van der Waals surface area contributed by atoms with Crippen LogP contribution in [0.1, 0.15) is 0 Å². The minimum Gasteiger partial charge on any atom is -0.281 e. The van der Waals surface area contributed by atoms with E-state index in [2.05, 4.69) is 4.98 Å². The Hall–Kier alpha value is -2.49. The Morgan fingerprint density at radius 1 is 1.43 bits per heavy atom. The number of benzene rings is 1. The van der Waals surface area contributed by atoms with Crippen LogP contribution in [0.25, 0.3) is 11.0 Å². The summed E-state index contributed by atoms with van der Waals surface area (Å²) in [6.07, 6.45) is -5.05. The molecule has 21 heavy (non-hydrogen) atoms. The second-order valence-electron chi connectivity index (χ2n) is 3.86. The highest BCUT2D eigenvalue weighted by Crippen LogP contribution is 2.23. The Balaban J connectivity index is 2.92. The summed E-state index contributed by atoms with van der Waals surface area (Å²) in [6.45, 7) is 0. The summed E-state index contributed by atoms with van der Waals surface area (Å²) in [6, 6.07) is 2.94. The van der Waals surface area contributed by atoms with E-state index in [1.54, 1.807) is 0 Å². The van der Waals surface area contributed by atoms with Crippen LogP contribution < -0.4 is 5.49 Å². The molecule has 0 fully saturated rings. The molecule has 1 aromatic heterocycles. The molecule has 0 saturated heterocycles. The van der Waals surface area contributed by atoms with Gasteiger partial charge in [0, 0.05) is 12.1 Å². The number of hydrogen-bond acceptors (Lipinski definition) is 5. The zero-order chi connectivity index (χ0) is 15.9. The van der Waals surface area contributed by atoms with E-state index in [1.165, 1.54) is 0 Å². The van der Waals surface area contributed by atoms with Gasteiger partial charge in [-0.25, -0.2) is 4.98 Å². The van der Waals surface area contributed by atoms with E-state index in [-0.39, 0.29) is 10.1 Å². The van der Waals surface area contributed by atoms with E-state index < -0.39 is 38.8 Å². The number of nitrogens with zero attached hydrogens (tertiary/aromatic N) is 3. The van der Waals surface area contributed by atoms with Crippen molar-refractivity contribution >= 4 is 34.2 Å². The monoisotopic (exact) mass is 319 g/mol. The molecule has 1 heterocycles. The SMILES string of the molecule is N=C(n1c(=N)c(Cl)nc2ccc([N+](=O)[O-])cc21)C(F)(F)F. The third-order valence-corrected chi connectivity index (χ3v) is 2.80. The van der Waals surface area contributed by atoms with Crippen molar-refractivity contribution in [1.29, 1.82) is 10.8 Å². The van der Waals surface area contributed by atoms with E-state index >= 15 is 0 Å². The van der Waals surface area contributed by atoms with Crippen molar-refractivity contribution in [2.75, 3.05) is 0 Å². The molecule has 0 aliphatic carbocycles. The molecule has 0 atom stereocenters. The van der Waals surface area contributed by atoms with Gasteiger partial charge in [0.25, 0.3) is 5.69 Å². The van der Waals surface area contributed by atoms with E-state index in [4.69, 9.17) is 22.4 Å². The molecule has 0 radical (unpaired) electrons. The van der Waals surface area contributed by atoms with Gasteiger partial charge in [-0.2, -0.15) is 13.2 Å². The number of hydrogen-bond donors (Lipinski definition) is 2. The van der Waals surface area contributed by atoms with Gasteiger partial charge in [-0.3, -0.25) is 25.5 Å². The second-order valence-corrected chi connectivity index (χ2v) is 4.22. The van der Waals surface area contributed by atoms with Crippen molar-refractivity contribution in [3.63, 3.8) is 0 Å². The van der Waals surface area contributed by atoms with Crippen molar-refractivity contribution < 1.29 is 18.1 Å². The quantitative estimate of drug-likeness (QED) is 0.364. The van der Waals surface area contributed by atoms with Crippen molar-refractivity contribution in [2.24, 2.45) is 0 Å². The number of alkyl halides is 3. The lowest BCUT2D eigenvalue weighted by Crippen LogP contribution is -2.37. The standard InChI is InChI=1S/C10H5ClF3N5O2/c11-7-8(15)18(9(16)10(12,13)14)6-3-4(19(20)21)1-2-5(6)17-7/h1-3,15-16H. The molecule has 110 valence electrons. The Morgan fingerprint density at radius 2 is 2.05 bits per heavy atom. The minimum absolute atomic E-state index is 0.101. The van der Waals surface area contributed by atoms with Crippen LogP contribution in [-0.4, -0.2) is 26.5 Å². The van der Waals surface area contributed by atoms with Crippen molar-refractivity contribution in [3.8, 4) is 0 Å². The summed E-state index contributed by atoms with van der Waals surface area (Å²) in [4.78, 5) is 13.6. The molecule has 2 rings (SSSR count). The minimum atomic E-state index is -5.05. The van der Waals surface area contributed by atoms with Gasteiger partial charge >= 0.3 is 6.18 Å². The van der Waals surface area contributed by atoms with Crippen LogP contribution in [0.15, 0.2) is 18.2 Å². The summed E-state index contributed by atoms with van der Waals surface area (Å²) in [5.74, 6) is -1.89.